The van der Waals surface area contributed by atoms with Crippen molar-refractivity contribution in [1.82, 2.24) is 0 Å². The van der Waals surface area contributed by atoms with Gasteiger partial charge in [-0.2, -0.15) is 5.26 Å². The van der Waals surface area contributed by atoms with Gasteiger partial charge in [0.2, 0.25) is 0 Å². The summed E-state index contributed by atoms with van der Waals surface area (Å²) in [5.74, 6) is 0. The molecule has 0 aromatic heterocycles. The van der Waals surface area contributed by atoms with E-state index in [-0.39, 0.29) is 16.1 Å². The van der Waals surface area contributed by atoms with Crippen LogP contribution in [-0.4, -0.2) is 0 Å². The third kappa shape index (κ3) is 1.96. The van der Waals surface area contributed by atoms with Crippen LogP contribution >= 0.6 is 11.6 Å². The zero-order chi connectivity index (χ0) is 10.0. The molecule has 0 aliphatic rings. The molecule has 0 unspecified atom stereocenters. The number of rotatable bonds is 1. The summed E-state index contributed by atoms with van der Waals surface area (Å²) in [4.78, 5) is 0. The smallest absolute Gasteiger partial charge is 0.205 e. The zero-order valence-electron chi connectivity index (χ0n) is 6.81. The van der Waals surface area contributed by atoms with E-state index < -0.39 is 6.43 Å². The first-order valence-corrected chi connectivity index (χ1v) is 3.92. The summed E-state index contributed by atoms with van der Waals surface area (Å²) in [7, 11) is 0. The van der Waals surface area contributed by atoms with E-state index in [1.807, 2.05) is 6.07 Å². The molecule has 1 aromatic rings. The molecule has 68 valence electrons. The van der Waals surface area contributed by atoms with Gasteiger partial charge in [0.15, 0.2) is 0 Å². The van der Waals surface area contributed by atoms with Gasteiger partial charge in [0.05, 0.1) is 10.6 Å². The predicted molar refractivity (Wildman–Crippen MR) is 45.9 cm³/mol. The van der Waals surface area contributed by atoms with Crippen LogP contribution in [0.1, 0.15) is 23.1 Å². The summed E-state index contributed by atoms with van der Waals surface area (Å²) in [6, 6.07) is 4.33. The highest BCUT2D eigenvalue weighted by atomic mass is 35.5. The maximum atomic E-state index is 12.3. The Hall–Kier alpha value is -1.14. The molecule has 1 nitrogen and oxygen atoms in total. The Kier molecular flexibility index (Phi) is 2.84. The normalized spacial score (nSPS) is 10.2. The number of hydrogen-bond acceptors (Lipinski definition) is 1. The highest BCUT2D eigenvalue weighted by molar-refractivity contribution is 6.31. The van der Waals surface area contributed by atoms with Crippen LogP contribution in [0.2, 0.25) is 5.02 Å². The lowest BCUT2D eigenvalue weighted by molar-refractivity contribution is 0.150. The fraction of sp³-hybridized carbons (Fsp3) is 0.222. The fourth-order valence-corrected chi connectivity index (χ4v) is 1.23. The van der Waals surface area contributed by atoms with E-state index >= 15 is 0 Å². The van der Waals surface area contributed by atoms with Crippen LogP contribution in [0.4, 0.5) is 8.78 Å². The molecule has 0 amide bonds. The second-order valence-electron chi connectivity index (χ2n) is 2.60. The third-order valence-electron chi connectivity index (χ3n) is 1.71. The molecule has 0 aliphatic carbocycles. The molecular weight excluding hydrogens is 196 g/mol. The maximum absolute atomic E-state index is 12.3. The molecule has 0 saturated heterocycles. The highest BCUT2D eigenvalue weighted by Gasteiger charge is 2.13. The van der Waals surface area contributed by atoms with Gasteiger partial charge in [-0.3, -0.25) is 0 Å². The zero-order valence-corrected chi connectivity index (χ0v) is 7.57. The third-order valence-corrected chi connectivity index (χ3v) is 2.02. The van der Waals surface area contributed by atoms with Crippen molar-refractivity contribution in [3.05, 3.63) is 33.8 Å². The lowest BCUT2D eigenvalue weighted by atomic mass is 10.1. The number of aryl methyl sites for hydroxylation is 1. The van der Waals surface area contributed by atoms with Gasteiger partial charge >= 0.3 is 0 Å². The predicted octanol–water partition coefficient (Wildman–Crippen LogP) is 3.46. The summed E-state index contributed by atoms with van der Waals surface area (Å²) in [5, 5.41) is 8.62. The SMILES string of the molecule is Cc1cc(C#N)c(Cl)cc1C(F)F. The molecule has 0 atom stereocenters. The van der Waals surface area contributed by atoms with Gasteiger partial charge in [-0.25, -0.2) is 8.78 Å². The second kappa shape index (κ2) is 3.71. The van der Waals surface area contributed by atoms with Crippen LogP contribution < -0.4 is 0 Å². The van der Waals surface area contributed by atoms with Gasteiger partial charge in [0.1, 0.15) is 6.07 Å². The number of nitrogens with zero attached hydrogens (tertiary/aromatic N) is 1. The summed E-state index contributed by atoms with van der Waals surface area (Å²) in [6.45, 7) is 1.53. The van der Waals surface area contributed by atoms with Crippen LogP contribution in [0, 0.1) is 18.3 Å². The Morgan fingerprint density at radius 3 is 2.54 bits per heavy atom. The van der Waals surface area contributed by atoms with E-state index in [0.717, 1.165) is 6.07 Å². The number of hydrogen-bond donors (Lipinski definition) is 0. The van der Waals surface area contributed by atoms with Gasteiger partial charge in [0.25, 0.3) is 6.43 Å². The summed E-state index contributed by atoms with van der Waals surface area (Å²) in [5.41, 5.74) is 0.489. The van der Waals surface area contributed by atoms with Gasteiger partial charge < -0.3 is 0 Å². The van der Waals surface area contributed by atoms with Gasteiger partial charge in [-0.1, -0.05) is 11.6 Å². The molecule has 0 saturated carbocycles. The minimum Gasteiger partial charge on any atom is -0.205 e. The van der Waals surface area contributed by atoms with E-state index in [4.69, 9.17) is 16.9 Å². The van der Waals surface area contributed by atoms with Gasteiger partial charge in [-0.05, 0) is 24.6 Å². The van der Waals surface area contributed by atoms with Crippen molar-refractivity contribution in [2.75, 3.05) is 0 Å². The minimum atomic E-state index is -2.55. The van der Waals surface area contributed by atoms with Gasteiger partial charge in [0, 0.05) is 5.56 Å². The number of nitriles is 1. The molecule has 0 radical (unpaired) electrons. The number of benzene rings is 1. The van der Waals surface area contributed by atoms with Crippen molar-refractivity contribution in [2.45, 2.75) is 13.3 Å². The molecule has 0 N–H and O–H groups in total. The monoisotopic (exact) mass is 201 g/mol. The molecule has 0 fully saturated rings. The minimum absolute atomic E-state index is 0.0726. The van der Waals surface area contributed by atoms with Crippen molar-refractivity contribution in [1.29, 1.82) is 5.26 Å². The molecule has 13 heavy (non-hydrogen) atoms. The van der Waals surface area contributed by atoms with Gasteiger partial charge in [-0.15, -0.1) is 0 Å². The first-order valence-electron chi connectivity index (χ1n) is 3.54. The molecule has 1 aromatic carbocycles. The lowest BCUT2D eigenvalue weighted by Crippen LogP contribution is -1.91. The van der Waals surface area contributed by atoms with E-state index in [9.17, 15) is 8.78 Å². The lowest BCUT2D eigenvalue weighted by Gasteiger charge is -2.05. The second-order valence-corrected chi connectivity index (χ2v) is 3.01. The standard InChI is InChI=1S/C9H6ClF2N/c1-5-2-6(4-13)8(10)3-7(5)9(11)12/h2-3,9H,1H3. The largest absolute Gasteiger partial charge is 0.264 e. The molecule has 1 rings (SSSR count). The molecular formula is C9H6ClF2N. The molecule has 0 bridgehead atoms. The number of halogens is 3. The quantitative estimate of drug-likeness (QED) is 0.683. The average Bonchev–Trinajstić information content (AvgIpc) is 2.07. The van der Waals surface area contributed by atoms with Crippen molar-refractivity contribution in [3.8, 4) is 6.07 Å². The van der Waals surface area contributed by atoms with Crippen molar-refractivity contribution >= 4 is 11.6 Å². The topological polar surface area (TPSA) is 23.8 Å². The molecule has 4 heteroatoms. The molecule has 0 heterocycles. The van der Waals surface area contributed by atoms with Crippen LogP contribution in [0.15, 0.2) is 12.1 Å². The van der Waals surface area contributed by atoms with E-state index in [2.05, 4.69) is 0 Å². The van der Waals surface area contributed by atoms with Crippen LogP contribution in [0.25, 0.3) is 0 Å². The van der Waals surface area contributed by atoms with E-state index in [1.165, 1.54) is 13.0 Å². The Morgan fingerprint density at radius 2 is 2.08 bits per heavy atom. The van der Waals surface area contributed by atoms with E-state index in [0.29, 0.717) is 5.56 Å². The highest BCUT2D eigenvalue weighted by Crippen LogP contribution is 2.27. The molecule has 0 spiro atoms. The van der Waals surface area contributed by atoms with Crippen molar-refractivity contribution in [3.63, 3.8) is 0 Å². The van der Waals surface area contributed by atoms with Crippen LogP contribution in [0.5, 0.6) is 0 Å². The van der Waals surface area contributed by atoms with Crippen LogP contribution in [-0.2, 0) is 0 Å². The maximum Gasteiger partial charge on any atom is 0.264 e. The summed E-state index contributed by atoms with van der Waals surface area (Å²) < 4.78 is 24.6. The first-order chi connectivity index (χ1) is 6.06. The Balaban J connectivity index is 3.31. The Labute approximate surface area is 79.6 Å². The summed E-state index contributed by atoms with van der Waals surface area (Å²) >= 11 is 5.59. The summed E-state index contributed by atoms with van der Waals surface area (Å²) in [6.07, 6.45) is -2.55. The average molecular weight is 202 g/mol. The Bertz CT molecular complexity index is 369. The van der Waals surface area contributed by atoms with Crippen molar-refractivity contribution in [2.24, 2.45) is 0 Å². The molecule has 0 aliphatic heterocycles. The van der Waals surface area contributed by atoms with Crippen LogP contribution in [0.3, 0.4) is 0 Å². The fourth-order valence-electron chi connectivity index (χ4n) is 1.02. The number of alkyl halides is 2. The van der Waals surface area contributed by atoms with Crippen molar-refractivity contribution < 1.29 is 8.78 Å². The van der Waals surface area contributed by atoms with E-state index in [1.54, 1.807) is 0 Å². The Morgan fingerprint density at radius 1 is 1.46 bits per heavy atom. The first kappa shape index (κ1) is 9.94.